The zero-order valence-corrected chi connectivity index (χ0v) is 15.5. The summed E-state index contributed by atoms with van der Waals surface area (Å²) < 4.78 is 0.729. The van der Waals surface area contributed by atoms with Crippen LogP contribution in [0.4, 0.5) is 0 Å². The lowest BCUT2D eigenvalue weighted by Gasteiger charge is -2.40. The second-order valence-corrected chi connectivity index (χ2v) is 6.60. The van der Waals surface area contributed by atoms with Gasteiger partial charge in [0.25, 0.3) is 0 Å². The fourth-order valence-electron chi connectivity index (χ4n) is 3.36. The summed E-state index contributed by atoms with van der Waals surface area (Å²) >= 11 is 0. The molecule has 3 atom stereocenters. The van der Waals surface area contributed by atoms with Crippen LogP contribution in [0.2, 0.25) is 0 Å². The second-order valence-electron chi connectivity index (χ2n) is 6.60. The summed E-state index contributed by atoms with van der Waals surface area (Å²) in [5, 5.41) is 6.47. The lowest BCUT2D eigenvalue weighted by atomic mass is 10.1. The molecule has 132 valence electrons. The summed E-state index contributed by atoms with van der Waals surface area (Å²) in [5.41, 5.74) is 0. The van der Waals surface area contributed by atoms with E-state index >= 15 is 0 Å². The largest absolute Gasteiger partial charge is 0.334 e. The van der Waals surface area contributed by atoms with Gasteiger partial charge in [-0.2, -0.15) is 0 Å². The minimum Gasteiger partial charge on any atom is -0.334 e. The molecule has 0 aliphatic carbocycles. The third-order valence-electron chi connectivity index (χ3n) is 4.86. The Bertz CT molecular complexity index is 405. The van der Waals surface area contributed by atoms with Crippen molar-refractivity contribution in [1.29, 1.82) is 0 Å². The van der Waals surface area contributed by atoms with Crippen molar-refractivity contribution >= 4 is 5.91 Å². The molecule has 1 aliphatic rings. The van der Waals surface area contributed by atoms with E-state index in [0.717, 1.165) is 17.4 Å². The number of unbranched alkanes of at least 4 members (excludes halogenated alkanes) is 6. The summed E-state index contributed by atoms with van der Waals surface area (Å²) in [5.74, 6) is 0.0264. The first-order valence-electron chi connectivity index (χ1n) is 9.31. The summed E-state index contributed by atoms with van der Waals surface area (Å²) in [6.07, 6.45) is 18.2. The Labute approximate surface area is 142 Å². The average Bonchev–Trinajstić information content (AvgIpc) is 2.93. The topological polar surface area (TPSA) is 41.1 Å². The molecule has 1 aliphatic heterocycles. The van der Waals surface area contributed by atoms with Crippen LogP contribution in [0.25, 0.3) is 0 Å². The van der Waals surface area contributed by atoms with Crippen molar-refractivity contribution in [1.82, 2.24) is 10.6 Å². The monoisotopic (exact) mass is 322 g/mol. The Morgan fingerprint density at radius 1 is 1.26 bits per heavy atom. The van der Waals surface area contributed by atoms with Gasteiger partial charge in [0.1, 0.15) is 6.20 Å². The van der Waals surface area contributed by atoms with E-state index in [1.807, 2.05) is 6.20 Å². The van der Waals surface area contributed by atoms with Crippen LogP contribution in [-0.4, -0.2) is 29.3 Å². The van der Waals surface area contributed by atoms with Crippen LogP contribution in [0.15, 0.2) is 24.6 Å². The van der Waals surface area contributed by atoms with Crippen molar-refractivity contribution in [2.75, 3.05) is 6.54 Å². The van der Waals surface area contributed by atoms with Crippen LogP contribution in [0.1, 0.15) is 72.6 Å². The summed E-state index contributed by atoms with van der Waals surface area (Å²) in [4.78, 5) is 11.4. The van der Waals surface area contributed by atoms with E-state index in [9.17, 15) is 4.79 Å². The molecule has 0 aromatic carbocycles. The molecule has 0 aromatic heterocycles. The highest BCUT2D eigenvalue weighted by Crippen LogP contribution is 2.23. The number of likely N-dealkylation sites (N-methyl/N-ethyl adjacent to an activating group) is 1. The Balaban J connectivity index is 2.45. The molecular formula is C19H36N3O+. The molecule has 0 saturated heterocycles. The lowest BCUT2D eigenvalue weighted by Crippen LogP contribution is -2.62. The highest BCUT2D eigenvalue weighted by Gasteiger charge is 2.40. The Morgan fingerprint density at radius 3 is 2.61 bits per heavy atom. The maximum atomic E-state index is 11.4. The molecule has 1 amide bonds. The quantitative estimate of drug-likeness (QED) is 0.343. The molecule has 4 nitrogen and oxygen atoms in total. The molecule has 0 bridgehead atoms. The molecule has 0 aromatic rings. The minimum absolute atomic E-state index is 0.0264. The number of quaternary nitrogens is 1. The van der Waals surface area contributed by atoms with Gasteiger partial charge in [-0.3, -0.25) is 9.28 Å². The van der Waals surface area contributed by atoms with E-state index in [-0.39, 0.29) is 18.2 Å². The molecule has 23 heavy (non-hydrogen) atoms. The number of nitrogens with one attached hydrogen (secondary N) is 2. The fourth-order valence-corrected chi connectivity index (χ4v) is 3.36. The first-order valence-corrected chi connectivity index (χ1v) is 9.31. The van der Waals surface area contributed by atoms with Crippen molar-refractivity contribution in [3.63, 3.8) is 0 Å². The number of nitrogens with zero attached hydrogens (tertiary/aromatic N) is 1. The number of allylic oxidation sites excluding steroid dienone is 1. The first-order chi connectivity index (χ1) is 11.1. The van der Waals surface area contributed by atoms with Crippen LogP contribution in [0, 0.1) is 0 Å². The van der Waals surface area contributed by atoms with Crippen LogP contribution in [-0.2, 0) is 4.79 Å². The summed E-state index contributed by atoms with van der Waals surface area (Å²) in [6.45, 7) is 9.03. The molecular weight excluding hydrogens is 286 g/mol. The molecule has 1 heterocycles. The van der Waals surface area contributed by atoms with Crippen LogP contribution < -0.4 is 10.6 Å². The maximum absolute atomic E-state index is 11.4. The predicted octanol–water partition coefficient (Wildman–Crippen LogP) is 4.01. The summed E-state index contributed by atoms with van der Waals surface area (Å²) in [7, 11) is 0. The minimum atomic E-state index is 0.0264. The van der Waals surface area contributed by atoms with Crippen molar-refractivity contribution < 1.29 is 9.28 Å². The highest BCUT2D eigenvalue weighted by molar-refractivity contribution is 5.72. The van der Waals surface area contributed by atoms with E-state index < -0.39 is 0 Å². The number of hydrogen-bond donors (Lipinski definition) is 2. The molecule has 3 unspecified atom stereocenters. The van der Waals surface area contributed by atoms with E-state index in [2.05, 4.69) is 49.8 Å². The van der Waals surface area contributed by atoms with Gasteiger partial charge in [0.2, 0.25) is 5.91 Å². The number of carbonyl (C=O) groups excluding carboxylic acids is 1. The molecule has 1 rings (SSSR count). The Kier molecular flexibility index (Phi) is 9.00. The first kappa shape index (κ1) is 19.8. The predicted molar refractivity (Wildman–Crippen MR) is 97.3 cm³/mol. The number of rotatable bonds is 11. The van der Waals surface area contributed by atoms with Gasteiger partial charge in [-0.25, -0.2) is 0 Å². The average molecular weight is 323 g/mol. The van der Waals surface area contributed by atoms with Gasteiger partial charge >= 0.3 is 0 Å². The fraction of sp³-hybridized carbons (Fsp3) is 0.737. The molecule has 0 saturated carbocycles. The van der Waals surface area contributed by atoms with Gasteiger partial charge in [0.05, 0.1) is 12.7 Å². The van der Waals surface area contributed by atoms with Crippen molar-refractivity contribution in [3.8, 4) is 0 Å². The van der Waals surface area contributed by atoms with Gasteiger partial charge in [-0.15, -0.1) is 0 Å². The smallest absolute Gasteiger partial charge is 0.221 e. The van der Waals surface area contributed by atoms with E-state index in [1.54, 1.807) is 6.92 Å². The maximum Gasteiger partial charge on any atom is 0.221 e. The second kappa shape index (κ2) is 10.5. The number of amides is 1. The molecule has 0 fully saturated rings. The molecule has 0 radical (unpaired) electrons. The third kappa shape index (κ3) is 6.02. The zero-order valence-electron chi connectivity index (χ0n) is 15.5. The SMILES string of the molecule is CCCCCCCC/C=C/C1NC=C[N+]1(CC)C(C)NC(C)=O. The normalized spacial score (nSPS) is 24.8. The Hall–Kier alpha value is -1.29. The van der Waals surface area contributed by atoms with E-state index in [4.69, 9.17) is 0 Å². The van der Waals surface area contributed by atoms with Gasteiger partial charge in [0, 0.05) is 13.8 Å². The van der Waals surface area contributed by atoms with E-state index in [1.165, 1.54) is 38.5 Å². The third-order valence-corrected chi connectivity index (χ3v) is 4.86. The highest BCUT2D eigenvalue weighted by atomic mass is 16.1. The van der Waals surface area contributed by atoms with Gasteiger partial charge in [-0.05, 0) is 25.8 Å². The van der Waals surface area contributed by atoms with Crippen molar-refractivity contribution in [2.45, 2.75) is 85.0 Å². The van der Waals surface area contributed by atoms with Gasteiger partial charge in [-0.1, -0.05) is 45.1 Å². The number of hydrogen-bond acceptors (Lipinski definition) is 2. The van der Waals surface area contributed by atoms with Crippen molar-refractivity contribution in [2.24, 2.45) is 0 Å². The Morgan fingerprint density at radius 2 is 1.96 bits per heavy atom. The van der Waals surface area contributed by atoms with Gasteiger partial charge < -0.3 is 10.6 Å². The van der Waals surface area contributed by atoms with Crippen LogP contribution in [0.5, 0.6) is 0 Å². The summed E-state index contributed by atoms with van der Waals surface area (Å²) in [6, 6.07) is 0. The number of carbonyl (C=O) groups is 1. The van der Waals surface area contributed by atoms with Crippen LogP contribution >= 0.6 is 0 Å². The zero-order chi connectivity index (χ0) is 17.1. The molecule has 2 N–H and O–H groups in total. The molecule has 0 spiro atoms. The molecule has 4 heteroatoms. The van der Waals surface area contributed by atoms with Gasteiger partial charge in [0.15, 0.2) is 12.3 Å². The standard InChI is InChI=1S/C19H35N3O/c1-5-7-8-9-10-11-12-13-14-19-20-15-16-22(19,6-2)17(3)21-18(4)23/h13-17,19-20H,5-12H2,1-4H3/p+1/b14-13+. The van der Waals surface area contributed by atoms with E-state index in [0.29, 0.717) is 0 Å². The van der Waals surface area contributed by atoms with Crippen LogP contribution in [0.3, 0.4) is 0 Å². The lowest BCUT2D eigenvalue weighted by molar-refractivity contribution is -0.917. The van der Waals surface area contributed by atoms with Crippen molar-refractivity contribution in [3.05, 3.63) is 24.6 Å².